The van der Waals surface area contributed by atoms with Crippen molar-refractivity contribution >= 4 is 5.91 Å². The molecule has 0 unspecified atom stereocenters. The average Bonchev–Trinajstić information content (AvgIpc) is 3.25. The number of hydrogen-bond donors (Lipinski definition) is 1. The number of hydrogen-bond acceptors (Lipinski definition) is 5. The van der Waals surface area contributed by atoms with Gasteiger partial charge in [-0.3, -0.25) is 14.6 Å². The van der Waals surface area contributed by atoms with E-state index in [-0.39, 0.29) is 17.4 Å². The molecule has 1 aromatic carbocycles. The van der Waals surface area contributed by atoms with Crippen molar-refractivity contribution in [3.63, 3.8) is 0 Å². The van der Waals surface area contributed by atoms with Crippen molar-refractivity contribution in [1.82, 2.24) is 19.9 Å². The van der Waals surface area contributed by atoms with Gasteiger partial charge in [0.05, 0.1) is 5.69 Å². The summed E-state index contributed by atoms with van der Waals surface area (Å²) in [6.45, 7) is 4.89. The monoisotopic (exact) mass is 404 g/mol. The predicted octanol–water partition coefficient (Wildman–Crippen LogP) is 2.92. The number of carbonyl (C=O) groups excluding carboxylic acids is 1. The number of nitrogens with one attached hydrogen (secondary N) is 1. The largest absolute Gasteiger partial charge is 0.481 e. The van der Waals surface area contributed by atoms with Crippen LogP contribution >= 0.6 is 0 Å². The number of carbonyl (C=O) groups is 1. The second-order valence-corrected chi connectivity index (χ2v) is 7.58. The second-order valence-electron chi connectivity index (χ2n) is 7.58. The Balaban J connectivity index is 1.45. The SMILES string of the molecule is Cc1ccc(O[C@H](C)C(=O)N2CC[C@@H](c3cc(=O)[nH]c(-c4ccccn4)n3)C2)cc1. The van der Waals surface area contributed by atoms with Crippen molar-refractivity contribution in [2.75, 3.05) is 13.1 Å². The highest BCUT2D eigenvalue weighted by Crippen LogP contribution is 2.27. The predicted molar refractivity (Wildman–Crippen MR) is 113 cm³/mol. The number of aromatic amines is 1. The molecule has 1 N–H and O–H groups in total. The highest BCUT2D eigenvalue weighted by Gasteiger charge is 2.31. The summed E-state index contributed by atoms with van der Waals surface area (Å²) in [7, 11) is 0. The van der Waals surface area contributed by atoms with Crippen molar-refractivity contribution in [3.8, 4) is 17.3 Å². The van der Waals surface area contributed by atoms with Crippen molar-refractivity contribution in [1.29, 1.82) is 0 Å². The lowest BCUT2D eigenvalue weighted by molar-refractivity contribution is -0.136. The van der Waals surface area contributed by atoms with Crippen LogP contribution in [0.25, 0.3) is 11.5 Å². The van der Waals surface area contributed by atoms with E-state index >= 15 is 0 Å². The topological polar surface area (TPSA) is 88.2 Å². The van der Waals surface area contributed by atoms with Gasteiger partial charge in [0.2, 0.25) is 0 Å². The van der Waals surface area contributed by atoms with Gasteiger partial charge in [-0.25, -0.2) is 4.98 Å². The molecule has 0 spiro atoms. The minimum atomic E-state index is -0.581. The van der Waals surface area contributed by atoms with E-state index in [1.165, 1.54) is 6.07 Å². The Hall–Kier alpha value is -3.48. The number of pyridine rings is 1. The number of amides is 1. The molecular formula is C23H24N4O3. The Morgan fingerprint density at radius 1 is 1.23 bits per heavy atom. The Kier molecular flexibility index (Phi) is 5.61. The molecule has 1 aliphatic rings. The van der Waals surface area contributed by atoms with Gasteiger partial charge in [0.1, 0.15) is 11.4 Å². The standard InChI is InChI=1S/C23H24N4O3/c1-15-6-8-18(9-7-15)30-16(2)23(29)27-12-10-17(14-27)20-13-21(28)26-22(25-20)19-5-3-4-11-24-19/h3-9,11,13,16-17H,10,12,14H2,1-2H3,(H,25,26,28)/t16-,17-/m1/s1. The molecule has 1 amide bonds. The smallest absolute Gasteiger partial charge is 0.263 e. The maximum absolute atomic E-state index is 12.9. The molecular weight excluding hydrogens is 380 g/mol. The van der Waals surface area contributed by atoms with E-state index in [0.29, 0.717) is 36.1 Å². The van der Waals surface area contributed by atoms with Gasteiger partial charge < -0.3 is 14.6 Å². The highest BCUT2D eigenvalue weighted by atomic mass is 16.5. The zero-order chi connectivity index (χ0) is 21.1. The van der Waals surface area contributed by atoms with E-state index in [9.17, 15) is 9.59 Å². The minimum Gasteiger partial charge on any atom is -0.481 e. The molecule has 30 heavy (non-hydrogen) atoms. The second kappa shape index (κ2) is 8.49. The molecule has 2 aromatic heterocycles. The minimum absolute atomic E-state index is 0.00490. The summed E-state index contributed by atoms with van der Waals surface area (Å²) in [5, 5.41) is 0. The van der Waals surface area contributed by atoms with Crippen LogP contribution in [-0.4, -0.2) is 45.0 Å². The molecule has 7 heteroatoms. The van der Waals surface area contributed by atoms with E-state index in [2.05, 4.69) is 15.0 Å². The lowest BCUT2D eigenvalue weighted by Gasteiger charge is -2.22. The molecule has 7 nitrogen and oxygen atoms in total. The summed E-state index contributed by atoms with van der Waals surface area (Å²) in [6.07, 6.45) is 1.83. The van der Waals surface area contributed by atoms with E-state index in [1.807, 2.05) is 43.3 Å². The summed E-state index contributed by atoms with van der Waals surface area (Å²) in [5.74, 6) is 1.06. The zero-order valence-electron chi connectivity index (χ0n) is 17.0. The van der Waals surface area contributed by atoms with Gasteiger partial charge in [0.15, 0.2) is 11.9 Å². The van der Waals surface area contributed by atoms with E-state index < -0.39 is 6.10 Å². The van der Waals surface area contributed by atoms with E-state index in [0.717, 1.165) is 12.0 Å². The molecule has 0 aliphatic carbocycles. The van der Waals surface area contributed by atoms with Gasteiger partial charge in [0.25, 0.3) is 11.5 Å². The van der Waals surface area contributed by atoms with Gasteiger partial charge in [-0.2, -0.15) is 0 Å². The lowest BCUT2D eigenvalue weighted by atomic mass is 10.0. The Morgan fingerprint density at radius 2 is 2.03 bits per heavy atom. The first-order valence-corrected chi connectivity index (χ1v) is 10.0. The van der Waals surface area contributed by atoms with Crippen LogP contribution in [0, 0.1) is 6.92 Å². The molecule has 1 saturated heterocycles. The first-order chi connectivity index (χ1) is 14.5. The fourth-order valence-corrected chi connectivity index (χ4v) is 3.64. The summed E-state index contributed by atoms with van der Waals surface area (Å²) in [5.41, 5.74) is 2.21. The Labute approximate surface area is 174 Å². The lowest BCUT2D eigenvalue weighted by Crippen LogP contribution is -2.39. The zero-order valence-corrected chi connectivity index (χ0v) is 17.0. The van der Waals surface area contributed by atoms with E-state index in [4.69, 9.17) is 4.74 Å². The van der Waals surface area contributed by atoms with Crippen LogP contribution in [0.2, 0.25) is 0 Å². The number of aryl methyl sites for hydroxylation is 1. The summed E-state index contributed by atoms with van der Waals surface area (Å²) in [4.78, 5) is 38.4. The van der Waals surface area contributed by atoms with Crippen LogP contribution in [-0.2, 0) is 4.79 Å². The maximum atomic E-state index is 12.9. The molecule has 3 heterocycles. The first kappa shape index (κ1) is 19.8. The molecule has 0 saturated carbocycles. The third-order valence-corrected chi connectivity index (χ3v) is 5.27. The molecule has 2 atom stereocenters. The number of aromatic nitrogens is 3. The highest BCUT2D eigenvalue weighted by molar-refractivity contribution is 5.81. The Bertz CT molecular complexity index is 1080. The van der Waals surface area contributed by atoms with Crippen LogP contribution in [0.1, 0.15) is 30.5 Å². The molecule has 1 aliphatic heterocycles. The van der Waals surface area contributed by atoms with Crippen LogP contribution in [0.5, 0.6) is 5.75 Å². The number of ether oxygens (including phenoxy) is 1. The molecule has 3 aromatic rings. The summed E-state index contributed by atoms with van der Waals surface area (Å²) < 4.78 is 5.81. The summed E-state index contributed by atoms with van der Waals surface area (Å²) in [6, 6.07) is 14.6. The molecule has 0 bridgehead atoms. The number of H-pyrrole nitrogens is 1. The van der Waals surface area contributed by atoms with Crippen molar-refractivity contribution < 1.29 is 9.53 Å². The van der Waals surface area contributed by atoms with Crippen LogP contribution in [0.15, 0.2) is 59.5 Å². The van der Waals surface area contributed by atoms with Gasteiger partial charge in [-0.1, -0.05) is 23.8 Å². The van der Waals surface area contributed by atoms with Crippen LogP contribution in [0.4, 0.5) is 0 Å². The number of likely N-dealkylation sites (tertiary alicyclic amines) is 1. The van der Waals surface area contributed by atoms with Crippen LogP contribution < -0.4 is 10.3 Å². The van der Waals surface area contributed by atoms with Gasteiger partial charge in [-0.05, 0) is 44.5 Å². The molecule has 0 radical (unpaired) electrons. The van der Waals surface area contributed by atoms with Crippen LogP contribution in [0.3, 0.4) is 0 Å². The maximum Gasteiger partial charge on any atom is 0.263 e. The van der Waals surface area contributed by atoms with Gasteiger partial charge >= 0.3 is 0 Å². The fraction of sp³-hybridized carbons (Fsp3) is 0.304. The number of nitrogens with zero attached hydrogens (tertiary/aromatic N) is 3. The first-order valence-electron chi connectivity index (χ1n) is 10.0. The van der Waals surface area contributed by atoms with Gasteiger partial charge in [-0.15, -0.1) is 0 Å². The third kappa shape index (κ3) is 4.40. The average molecular weight is 404 g/mol. The van der Waals surface area contributed by atoms with Gasteiger partial charge in [0, 0.05) is 31.3 Å². The molecule has 154 valence electrons. The van der Waals surface area contributed by atoms with Crippen molar-refractivity contribution in [2.45, 2.75) is 32.3 Å². The Morgan fingerprint density at radius 3 is 2.77 bits per heavy atom. The molecule has 1 fully saturated rings. The van der Waals surface area contributed by atoms with E-state index in [1.54, 1.807) is 24.1 Å². The summed E-state index contributed by atoms with van der Waals surface area (Å²) >= 11 is 0. The number of rotatable bonds is 5. The van der Waals surface area contributed by atoms with Crippen molar-refractivity contribution in [3.05, 3.63) is 76.3 Å². The molecule has 4 rings (SSSR count). The third-order valence-electron chi connectivity index (χ3n) is 5.27. The fourth-order valence-electron chi connectivity index (χ4n) is 3.64. The quantitative estimate of drug-likeness (QED) is 0.706. The normalized spacial score (nSPS) is 17.0. The number of benzene rings is 1. The van der Waals surface area contributed by atoms with Crippen molar-refractivity contribution in [2.24, 2.45) is 0 Å².